The molecule has 0 spiro atoms. The zero-order valence-electron chi connectivity index (χ0n) is 40.3. The standard InChI is InChI=1S/C25H26N4O7.C24H24N4O7.Li.H2O/c1-3-4-6-11-17(29-25(31)36-12-16-9-7-5-8-10-16)21-26-18(13-33-21)22-27-19(14-34-22)23-28-20(15-35-23)24(30)32-2;1-2-3-5-10-16(28-24(31)35-11-15-8-6-4-7-9-15)20-25-17(12-32-20)21-26-18(13-33-21)22-27-19(14-34-22)23(29)30;;/h5,7-10,13-15,17H,3-4,6,11-12H2,1-2H3,(H,29,31);4,6-9,12-14,16H,2-3,5,10-11H2,1H3,(H,28,31)(H,29,30);;1H2/q;;+1;/p-1. The molecule has 6 heterocycles. The van der Waals surface area contributed by atoms with Gasteiger partial charge in [-0.15, -0.1) is 0 Å². The SMILES string of the molecule is CCCCCC(NC(=O)OCc1ccccc1)c1nc(-c2nc(-c3nc(C(=O)O)co3)co2)co1.CCCCCC(NC(=O)OCc1ccccc1)c1nc(-c2nc(-c3nc(C(=O)OC)co3)co2)co1.[Li+].[OH-]. The van der Waals surface area contributed by atoms with E-state index in [1.54, 1.807) is 0 Å². The summed E-state index contributed by atoms with van der Waals surface area (Å²) < 4.78 is 48.0. The fourth-order valence-electron chi connectivity index (χ4n) is 6.68. The summed E-state index contributed by atoms with van der Waals surface area (Å²) in [6, 6.07) is 17.8. The number of benzene rings is 2. The molecule has 73 heavy (non-hydrogen) atoms. The number of aromatic nitrogens is 6. The number of carboxylic acids is 1. The Labute approximate surface area is 429 Å². The number of carbonyl (C=O) groups excluding carboxylic acids is 3. The van der Waals surface area contributed by atoms with Crippen molar-refractivity contribution in [2.24, 2.45) is 0 Å². The van der Waals surface area contributed by atoms with Crippen LogP contribution in [0.5, 0.6) is 0 Å². The molecule has 6 aromatic heterocycles. The van der Waals surface area contributed by atoms with Crippen molar-refractivity contribution < 1.29 is 89.3 Å². The molecule has 2 aromatic carbocycles. The summed E-state index contributed by atoms with van der Waals surface area (Å²) in [4.78, 5) is 72.8. The van der Waals surface area contributed by atoms with Crippen molar-refractivity contribution in [2.75, 3.05) is 7.11 Å². The summed E-state index contributed by atoms with van der Waals surface area (Å²) in [5.74, 6) is -0.859. The first-order chi connectivity index (χ1) is 34.6. The van der Waals surface area contributed by atoms with Gasteiger partial charge in [0.15, 0.2) is 34.2 Å². The summed E-state index contributed by atoms with van der Waals surface area (Å²) >= 11 is 0. The Hall–Kier alpha value is -8.26. The number of esters is 1. The van der Waals surface area contributed by atoms with Crippen LogP contribution in [0.4, 0.5) is 9.59 Å². The fraction of sp³-hybridized carbons (Fsp3) is 0.306. The van der Waals surface area contributed by atoms with Crippen LogP contribution in [0, 0.1) is 0 Å². The number of aromatic carboxylic acids is 1. The Kier molecular flexibility index (Phi) is 21.3. The number of rotatable bonds is 22. The van der Waals surface area contributed by atoms with Gasteiger partial charge in [-0.3, -0.25) is 0 Å². The number of nitrogens with one attached hydrogen (secondary N) is 2. The number of unbranched alkanes of at least 4 members (excludes halogenated alkanes) is 4. The van der Waals surface area contributed by atoms with Gasteiger partial charge in [0.25, 0.3) is 0 Å². The van der Waals surface area contributed by atoms with Crippen LogP contribution in [-0.2, 0) is 27.4 Å². The number of hydrogen-bond acceptors (Lipinski definition) is 20. The third kappa shape index (κ3) is 15.9. The molecule has 8 aromatic rings. The minimum absolute atomic E-state index is 0. The van der Waals surface area contributed by atoms with E-state index in [1.165, 1.54) is 38.4 Å². The van der Waals surface area contributed by atoms with E-state index in [4.69, 9.17) is 41.1 Å². The molecule has 2 atom stereocenters. The molecule has 378 valence electrons. The monoisotopic (exact) mass is 998 g/mol. The minimum Gasteiger partial charge on any atom is -0.870 e. The first-order valence-corrected chi connectivity index (χ1v) is 22.6. The fourth-order valence-corrected chi connectivity index (χ4v) is 6.68. The zero-order valence-corrected chi connectivity index (χ0v) is 40.3. The average Bonchev–Trinajstić information content (AvgIpc) is 4.25. The number of carboxylic acid groups (broad SMARTS) is 1. The minimum atomic E-state index is -1.21. The largest absolute Gasteiger partial charge is 1.00 e. The molecule has 2 amide bonds. The van der Waals surface area contributed by atoms with Crippen LogP contribution in [-0.4, -0.2) is 71.7 Å². The molecule has 0 aliphatic rings. The summed E-state index contributed by atoms with van der Waals surface area (Å²) in [5.41, 5.74) is 2.65. The quantitative estimate of drug-likeness (QED) is 0.0258. The van der Waals surface area contributed by atoms with E-state index < -0.39 is 36.2 Å². The summed E-state index contributed by atoms with van der Waals surface area (Å²) in [6.07, 6.45) is 13.4. The molecule has 4 N–H and O–H groups in total. The van der Waals surface area contributed by atoms with Gasteiger partial charge in [0.2, 0.25) is 35.3 Å². The molecule has 23 nitrogen and oxygen atoms in total. The number of ether oxygens (including phenoxy) is 3. The number of methoxy groups -OCH3 is 1. The number of carbonyl (C=O) groups is 4. The van der Waals surface area contributed by atoms with Gasteiger partial charge >= 0.3 is 43.0 Å². The van der Waals surface area contributed by atoms with Crippen molar-refractivity contribution in [1.82, 2.24) is 40.5 Å². The summed E-state index contributed by atoms with van der Waals surface area (Å²) in [7, 11) is 1.25. The maximum atomic E-state index is 12.5. The van der Waals surface area contributed by atoms with Crippen molar-refractivity contribution in [3.05, 3.63) is 133 Å². The van der Waals surface area contributed by atoms with Gasteiger partial charge in [0.1, 0.15) is 62.9 Å². The van der Waals surface area contributed by atoms with Crippen molar-refractivity contribution >= 4 is 24.1 Å². The molecular formula is C49H51LiN8O15. The normalized spacial score (nSPS) is 11.4. The Morgan fingerprint density at radius 3 is 1.33 bits per heavy atom. The number of amides is 2. The van der Waals surface area contributed by atoms with Gasteiger partial charge in [-0.05, 0) is 24.0 Å². The van der Waals surface area contributed by atoms with Crippen molar-refractivity contribution in [3.63, 3.8) is 0 Å². The molecule has 0 radical (unpaired) electrons. The molecule has 0 aliphatic carbocycles. The Balaban J connectivity index is 0.000000264. The topological polar surface area (TPSA) is 326 Å². The first kappa shape index (κ1) is 55.7. The van der Waals surface area contributed by atoms with E-state index in [0.29, 0.717) is 30.1 Å². The third-order valence-corrected chi connectivity index (χ3v) is 10.3. The van der Waals surface area contributed by atoms with E-state index in [1.807, 2.05) is 60.7 Å². The second kappa shape index (κ2) is 28.0. The molecule has 0 saturated heterocycles. The number of hydrogen-bond donors (Lipinski definition) is 3. The van der Waals surface area contributed by atoms with E-state index in [9.17, 15) is 19.2 Å². The van der Waals surface area contributed by atoms with Crippen LogP contribution in [0.3, 0.4) is 0 Å². The van der Waals surface area contributed by atoms with Gasteiger partial charge in [0, 0.05) is 0 Å². The van der Waals surface area contributed by atoms with Crippen LogP contribution in [0.15, 0.2) is 125 Å². The molecule has 24 heteroatoms. The van der Waals surface area contributed by atoms with Gasteiger partial charge < -0.3 is 61.9 Å². The van der Waals surface area contributed by atoms with Gasteiger partial charge in [-0.25, -0.2) is 49.1 Å². The van der Waals surface area contributed by atoms with Gasteiger partial charge in [-0.1, -0.05) is 113 Å². The maximum absolute atomic E-state index is 12.5. The van der Waals surface area contributed by atoms with E-state index in [0.717, 1.165) is 55.9 Å². The second-order valence-corrected chi connectivity index (χ2v) is 15.6. The molecule has 0 saturated carbocycles. The first-order valence-electron chi connectivity index (χ1n) is 22.6. The summed E-state index contributed by atoms with van der Waals surface area (Å²) in [6.45, 7) is 4.49. The van der Waals surface area contributed by atoms with Crippen molar-refractivity contribution in [1.29, 1.82) is 0 Å². The number of alkyl carbamates (subject to hydrolysis) is 2. The Bertz CT molecular complexity index is 2940. The number of oxazole rings is 6. The van der Waals surface area contributed by atoms with Crippen molar-refractivity contribution in [3.8, 4) is 46.3 Å². The molecule has 0 fully saturated rings. The molecule has 8 rings (SSSR count). The molecule has 0 aliphatic heterocycles. The summed E-state index contributed by atoms with van der Waals surface area (Å²) in [5, 5.41) is 14.6. The Morgan fingerprint density at radius 2 is 0.918 bits per heavy atom. The smallest absolute Gasteiger partial charge is 0.870 e. The average molecular weight is 999 g/mol. The zero-order chi connectivity index (χ0) is 50.0. The third-order valence-electron chi connectivity index (χ3n) is 10.3. The van der Waals surface area contributed by atoms with Crippen LogP contribution in [0.1, 0.15) is 121 Å². The second-order valence-electron chi connectivity index (χ2n) is 15.6. The predicted octanol–water partition coefficient (Wildman–Crippen LogP) is 7.38. The van der Waals surface area contributed by atoms with Crippen LogP contribution in [0.25, 0.3) is 46.3 Å². The van der Waals surface area contributed by atoms with E-state index in [2.05, 4.69) is 59.1 Å². The molecule has 0 bridgehead atoms. The molecule has 2 unspecified atom stereocenters. The van der Waals surface area contributed by atoms with E-state index >= 15 is 0 Å². The van der Waals surface area contributed by atoms with E-state index in [-0.39, 0.29) is 89.8 Å². The van der Waals surface area contributed by atoms with Crippen molar-refractivity contribution in [2.45, 2.75) is 90.5 Å². The maximum Gasteiger partial charge on any atom is 1.00 e. The number of nitrogens with zero attached hydrogens (tertiary/aromatic N) is 6. The van der Waals surface area contributed by atoms with Crippen LogP contribution in [0.2, 0.25) is 0 Å². The van der Waals surface area contributed by atoms with Gasteiger partial charge in [-0.2, -0.15) is 0 Å². The molecular weight excluding hydrogens is 948 g/mol. The van der Waals surface area contributed by atoms with Crippen LogP contribution >= 0.6 is 0 Å². The Morgan fingerprint density at radius 1 is 0.534 bits per heavy atom. The van der Waals surface area contributed by atoms with Crippen LogP contribution < -0.4 is 29.5 Å². The van der Waals surface area contributed by atoms with Gasteiger partial charge in [0.05, 0.1) is 7.11 Å². The predicted molar refractivity (Wildman–Crippen MR) is 249 cm³/mol.